The fraction of sp³-hybridized carbons (Fsp3) is 1.00. The fourth-order valence-electron chi connectivity index (χ4n) is 2.15. The predicted molar refractivity (Wildman–Crippen MR) is 68.9 cm³/mol. The van der Waals surface area contributed by atoms with Crippen LogP contribution in [0.25, 0.3) is 0 Å². The Hall–Kier alpha value is -0.120. The van der Waals surface area contributed by atoms with Gasteiger partial charge in [0.05, 0.1) is 13.2 Å². The summed E-state index contributed by atoms with van der Waals surface area (Å²) in [5.41, 5.74) is 0. The summed E-state index contributed by atoms with van der Waals surface area (Å²) < 4.78 is 5.21. The van der Waals surface area contributed by atoms with Crippen molar-refractivity contribution in [3.63, 3.8) is 0 Å². The van der Waals surface area contributed by atoms with Gasteiger partial charge in [-0.05, 0) is 46.8 Å². The van der Waals surface area contributed by atoms with E-state index in [1.165, 1.54) is 32.4 Å². The molecule has 3 nitrogen and oxygen atoms in total. The molecule has 96 valence electrons. The average molecular weight is 228 g/mol. The van der Waals surface area contributed by atoms with Crippen molar-refractivity contribution >= 4 is 0 Å². The Morgan fingerprint density at radius 1 is 0.875 bits per heavy atom. The first-order valence-electron chi connectivity index (χ1n) is 6.70. The maximum absolute atomic E-state index is 5.21. The van der Waals surface area contributed by atoms with E-state index in [1.807, 2.05) is 0 Å². The van der Waals surface area contributed by atoms with Gasteiger partial charge in [0.15, 0.2) is 0 Å². The molecule has 0 aromatic carbocycles. The number of hydrogen-bond donors (Lipinski definition) is 0. The first-order chi connectivity index (χ1) is 7.70. The smallest absolute Gasteiger partial charge is 0.0594 e. The van der Waals surface area contributed by atoms with E-state index in [9.17, 15) is 0 Å². The van der Waals surface area contributed by atoms with Crippen LogP contribution in [0.2, 0.25) is 0 Å². The lowest BCUT2D eigenvalue weighted by Crippen LogP contribution is -2.40. The number of morpholine rings is 1. The molecular weight excluding hydrogens is 200 g/mol. The molecule has 0 spiro atoms. The molecule has 0 aromatic rings. The van der Waals surface area contributed by atoms with Crippen LogP contribution in [0, 0.1) is 0 Å². The second-order valence-corrected chi connectivity index (χ2v) is 5.11. The van der Waals surface area contributed by atoms with Gasteiger partial charge < -0.3 is 9.64 Å². The third-order valence-corrected chi connectivity index (χ3v) is 3.36. The number of rotatable bonds is 1. The van der Waals surface area contributed by atoms with E-state index in [1.54, 1.807) is 0 Å². The Kier molecular flexibility index (Phi) is 7.01. The largest absolute Gasteiger partial charge is 0.379 e. The molecule has 2 saturated heterocycles. The summed E-state index contributed by atoms with van der Waals surface area (Å²) in [6, 6.07) is 0.689. The number of nitrogens with zero attached hydrogens (tertiary/aromatic N) is 2. The summed E-state index contributed by atoms with van der Waals surface area (Å²) >= 11 is 0. The van der Waals surface area contributed by atoms with Crippen LogP contribution in [0.15, 0.2) is 0 Å². The molecule has 2 rings (SSSR count). The Balaban J connectivity index is 0.000000165. The Labute approximate surface area is 101 Å². The molecule has 0 unspecified atom stereocenters. The van der Waals surface area contributed by atoms with Crippen LogP contribution in [0.3, 0.4) is 0 Å². The second-order valence-electron chi connectivity index (χ2n) is 5.11. The van der Waals surface area contributed by atoms with Gasteiger partial charge in [-0.1, -0.05) is 6.42 Å². The zero-order valence-corrected chi connectivity index (χ0v) is 11.2. The number of likely N-dealkylation sites (tertiary alicyclic amines) is 1. The molecule has 3 heteroatoms. The van der Waals surface area contributed by atoms with E-state index < -0.39 is 0 Å². The lowest BCUT2D eigenvalue weighted by Gasteiger charge is -2.29. The van der Waals surface area contributed by atoms with E-state index in [4.69, 9.17) is 4.74 Å². The van der Waals surface area contributed by atoms with Crippen LogP contribution in [0.1, 0.15) is 33.1 Å². The van der Waals surface area contributed by atoms with Gasteiger partial charge in [-0.3, -0.25) is 4.90 Å². The Morgan fingerprint density at radius 3 is 1.75 bits per heavy atom. The molecular formula is C13H28N2O. The van der Waals surface area contributed by atoms with Gasteiger partial charge in [0.2, 0.25) is 0 Å². The highest BCUT2D eigenvalue weighted by Crippen LogP contribution is 2.04. The standard InChI is InChI=1S/C7H15NO.C6H13N/c1-7(2)8-3-5-9-6-4-8;1-7-5-3-2-4-6-7/h7H,3-6H2,1-2H3;2-6H2,1H3. The van der Waals surface area contributed by atoms with Gasteiger partial charge in [0.1, 0.15) is 0 Å². The number of ether oxygens (including phenoxy) is 1. The zero-order chi connectivity index (χ0) is 11.8. The third kappa shape index (κ3) is 5.83. The van der Waals surface area contributed by atoms with Crippen molar-refractivity contribution in [2.45, 2.75) is 39.2 Å². The van der Waals surface area contributed by atoms with Gasteiger partial charge in [-0.25, -0.2) is 0 Å². The second kappa shape index (κ2) is 8.04. The molecule has 0 bridgehead atoms. The topological polar surface area (TPSA) is 15.7 Å². The number of hydrogen-bond acceptors (Lipinski definition) is 3. The number of piperidine rings is 1. The predicted octanol–water partition coefficient (Wildman–Crippen LogP) is 1.83. The Bertz CT molecular complexity index is 161. The minimum Gasteiger partial charge on any atom is -0.379 e. The summed E-state index contributed by atoms with van der Waals surface area (Å²) in [7, 11) is 2.19. The molecule has 2 aliphatic rings. The molecule has 2 aliphatic heterocycles. The quantitative estimate of drug-likeness (QED) is 0.681. The van der Waals surface area contributed by atoms with Crippen LogP contribution in [-0.2, 0) is 4.74 Å². The van der Waals surface area contributed by atoms with E-state index in [0.29, 0.717) is 6.04 Å². The monoisotopic (exact) mass is 228 g/mol. The van der Waals surface area contributed by atoms with Crippen molar-refractivity contribution in [2.75, 3.05) is 46.4 Å². The van der Waals surface area contributed by atoms with E-state index >= 15 is 0 Å². The van der Waals surface area contributed by atoms with Crippen LogP contribution in [0.4, 0.5) is 0 Å². The highest BCUT2D eigenvalue weighted by Gasteiger charge is 2.11. The molecule has 0 amide bonds. The molecule has 0 aromatic heterocycles. The van der Waals surface area contributed by atoms with Gasteiger partial charge in [0.25, 0.3) is 0 Å². The van der Waals surface area contributed by atoms with Crippen molar-refractivity contribution < 1.29 is 4.74 Å². The lowest BCUT2D eigenvalue weighted by atomic mass is 10.1. The van der Waals surface area contributed by atoms with E-state index in [0.717, 1.165) is 26.3 Å². The molecule has 0 aliphatic carbocycles. The summed E-state index contributed by atoms with van der Waals surface area (Å²) in [4.78, 5) is 4.83. The van der Waals surface area contributed by atoms with Crippen LogP contribution in [0.5, 0.6) is 0 Å². The van der Waals surface area contributed by atoms with E-state index in [2.05, 4.69) is 30.7 Å². The minimum atomic E-state index is 0.689. The van der Waals surface area contributed by atoms with Gasteiger partial charge in [-0.2, -0.15) is 0 Å². The molecule has 0 atom stereocenters. The summed E-state index contributed by atoms with van der Waals surface area (Å²) in [5, 5.41) is 0. The normalized spacial score (nSPS) is 24.0. The van der Waals surface area contributed by atoms with Crippen molar-refractivity contribution in [2.24, 2.45) is 0 Å². The first kappa shape index (κ1) is 13.9. The molecule has 0 saturated carbocycles. The first-order valence-corrected chi connectivity index (χ1v) is 6.70. The molecule has 0 radical (unpaired) electrons. The lowest BCUT2D eigenvalue weighted by molar-refractivity contribution is 0.0238. The fourth-order valence-corrected chi connectivity index (χ4v) is 2.15. The van der Waals surface area contributed by atoms with Crippen LogP contribution >= 0.6 is 0 Å². The van der Waals surface area contributed by atoms with E-state index in [-0.39, 0.29) is 0 Å². The zero-order valence-electron chi connectivity index (χ0n) is 11.2. The average Bonchev–Trinajstić information content (AvgIpc) is 2.32. The van der Waals surface area contributed by atoms with Crippen LogP contribution in [-0.4, -0.2) is 62.3 Å². The minimum absolute atomic E-state index is 0.689. The highest BCUT2D eigenvalue weighted by atomic mass is 16.5. The van der Waals surface area contributed by atoms with Crippen LogP contribution < -0.4 is 0 Å². The third-order valence-electron chi connectivity index (χ3n) is 3.36. The summed E-state index contributed by atoms with van der Waals surface area (Å²) in [6.07, 6.45) is 4.28. The van der Waals surface area contributed by atoms with Gasteiger partial charge in [0, 0.05) is 19.1 Å². The SMILES string of the molecule is CC(C)N1CCOCC1.CN1CCCCC1. The van der Waals surface area contributed by atoms with Crippen molar-refractivity contribution in [1.29, 1.82) is 0 Å². The maximum Gasteiger partial charge on any atom is 0.0594 e. The maximum atomic E-state index is 5.21. The van der Waals surface area contributed by atoms with Gasteiger partial charge >= 0.3 is 0 Å². The molecule has 2 heterocycles. The van der Waals surface area contributed by atoms with Crippen molar-refractivity contribution in [3.05, 3.63) is 0 Å². The molecule has 0 N–H and O–H groups in total. The summed E-state index contributed by atoms with van der Waals surface area (Å²) in [6.45, 7) is 11.1. The van der Waals surface area contributed by atoms with Crippen molar-refractivity contribution in [1.82, 2.24) is 9.80 Å². The highest BCUT2D eigenvalue weighted by molar-refractivity contribution is 4.64. The Morgan fingerprint density at radius 2 is 1.44 bits per heavy atom. The summed E-state index contributed by atoms with van der Waals surface area (Å²) in [5.74, 6) is 0. The van der Waals surface area contributed by atoms with Gasteiger partial charge in [-0.15, -0.1) is 0 Å². The molecule has 16 heavy (non-hydrogen) atoms. The van der Waals surface area contributed by atoms with Crippen molar-refractivity contribution in [3.8, 4) is 0 Å². The molecule has 2 fully saturated rings.